The van der Waals surface area contributed by atoms with Gasteiger partial charge in [-0.3, -0.25) is 0 Å². The minimum Gasteiger partial charge on any atom is -0.454 e. The Morgan fingerprint density at radius 1 is 1.16 bits per heavy atom. The lowest BCUT2D eigenvalue weighted by Crippen LogP contribution is -2.05. The summed E-state index contributed by atoms with van der Waals surface area (Å²) in [7, 11) is 0. The molecular weight excluding hydrogens is 316 g/mol. The summed E-state index contributed by atoms with van der Waals surface area (Å²) in [4.78, 5) is 0. The Kier molecular flexibility index (Phi) is 4.17. The van der Waals surface area contributed by atoms with Crippen LogP contribution in [0.15, 0.2) is 40.9 Å². The van der Waals surface area contributed by atoms with Gasteiger partial charge in [-0.2, -0.15) is 0 Å². The average Bonchev–Trinajstić information content (AvgIpc) is 2.30. The van der Waals surface area contributed by atoms with Gasteiger partial charge in [0, 0.05) is 16.6 Å². The van der Waals surface area contributed by atoms with Gasteiger partial charge >= 0.3 is 0 Å². The maximum atomic E-state index is 13.8. The lowest BCUT2D eigenvalue weighted by Gasteiger charge is -2.10. The first-order valence-corrected chi connectivity index (χ1v) is 6.44. The minimum absolute atomic E-state index is 0.0295. The summed E-state index contributed by atoms with van der Waals surface area (Å²) in [5, 5.41) is 0. The molecule has 19 heavy (non-hydrogen) atoms. The molecule has 0 fully saturated rings. The predicted octanol–water partition coefficient (Wildman–Crippen LogP) is 4.54. The summed E-state index contributed by atoms with van der Waals surface area (Å²) in [6, 6.07) is 8.25. The highest BCUT2D eigenvalue weighted by Crippen LogP contribution is 2.29. The second-order valence-corrected chi connectivity index (χ2v) is 5.10. The van der Waals surface area contributed by atoms with E-state index in [0.29, 0.717) is 10.0 Å². The molecule has 0 aromatic heterocycles. The first kappa shape index (κ1) is 14.0. The van der Waals surface area contributed by atoms with Gasteiger partial charge in [0.25, 0.3) is 0 Å². The van der Waals surface area contributed by atoms with Crippen LogP contribution in [0, 0.1) is 11.6 Å². The Morgan fingerprint density at radius 2 is 1.89 bits per heavy atom. The van der Waals surface area contributed by atoms with Gasteiger partial charge in [-0.05, 0) is 36.8 Å². The van der Waals surface area contributed by atoms with E-state index in [2.05, 4.69) is 15.9 Å². The highest BCUT2D eigenvalue weighted by molar-refractivity contribution is 9.10. The maximum Gasteiger partial charge on any atom is 0.166 e. The molecular formula is C14H12BrF2NO. The van der Waals surface area contributed by atoms with Crippen molar-refractivity contribution in [3.8, 4) is 11.5 Å². The second kappa shape index (κ2) is 5.67. The predicted molar refractivity (Wildman–Crippen MR) is 73.2 cm³/mol. The third-order valence-corrected chi connectivity index (χ3v) is 3.00. The number of benzene rings is 2. The van der Waals surface area contributed by atoms with Gasteiger partial charge in [-0.25, -0.2) is 8.78 Å². The van der Waals surface area contributed by atoms with Crippen molar-refractivity contribution in [2.45, 2.75) is 13.0 Å². The molecule has 100 valence electrons. The molecule has 0 saturated carbocycles. The Balaban J connectivity index is 2.28. The van der Waals surface area contributed by atoms with E-state index in [-0.39, 0.29) is 17.5 Å². The van der Waals surface area contributed by atoms with E-state index in [0.717, 1.165) is 0 Å². The summed E-state index contributed by atoms with van der Waals surface area (Å²) < 4.78 is 32.8. The van der Waals surface area contributed by atoms with Gasteiger partial charge in [-0.1, -0.05) is 22.0 Å². The van der Waals surface area contributed by atoms with E-state index in [9.17, 15) is 8.78 Å². The first-order chi connectivity index (χ1) is 8.95. The van der Waals surface area contributed by atoms with Gasteiger partial charge in [0.1, 0.15) is 11.6 Å². The zero-order chi connectivity index (χ0) is 14.0. The summed E-state index contributed by atoms with van der Waals surface area (Å²) in [6.45, 7) is 1.76. The molecule has 0 unspecified atom stereocenters. The normalized spacial score (nSPS) is 12.3. The molecule has 0 aliphatic carbocycles. The van der Waals surface area contributed by atoms with Gasteiger partial charge in [-0.15, -0.1) is 0 Å². The van der Waals surface area contributed by atoms with Crippen molar-refractivity contribution in [1.29, 1.82) is 0 Å². The smallest absolute Gasteiger partial charge is 0.166 e. The van der Waals surface area contributed by atoms with Crippen LogP contribution in [0.25, 0.3) is 0 Å². The quantitative estimate of drug-likeness (QED) is 0.898. The van der Waals surface area contributed by atoms with Crippen molar-refractivity contribution < 1.29 is 13.5 Å². The van der Waals surface area contributed by atoms with Gasteiger partial charge in [0.15, 0.2) is 11.6 Å². The molecule has 5 heteroatoms. The number of rotatable bonds is 3. The summed E-state index contributed by atoms with van der Waals surface area (Å²) in [6.07, 6.45) is 0. The van der Waals surface area contributed by atoms with Crippen molar-refractivity contribution in [2.75, 3.05) is 0 Å². The Morgan fingerprint density at radius 3 is 2.47 bits per heavy atom. The lowest BCUT2D eigenvalue weighted by atomic mass is 10.1. The van der Waals surface area contributed by atoms with E-state index in [1.54, 1.807) is 19.1 Å². The Labute approximate surface area is 118 Å². The van der Waals surface area contributed by atoms with Gasteiger partial charge < -0.3 is 10.5 Å². The fraction of sp³-hybridized carbons (Fsp3) is 0.143. The van der Waals surface area contributed by atoms with Crippen LogP contribution in [0.5, 0.6) is 11.5 Å². The summed E-state index contributed by atoms with van der Waals surface area (Å²) in [5.41, 5.74) is 6.33. The Bertz CT molecular complexity index is 582. The van der Waals surface area contributed by atoms with Crippen LogP contribution >= 0.6 is 15.9 Å². The van der Waals surface area contributed by atoms with Crippen LogP contribution in [-0.4, -0.2) is 0 Å². The van der Waals surface area contributed by atoms with Crippen LogP contribution in [0.2, 0.25) is 0 Å². The fourth-order valence-corrected chi connectivity index (χ4v) is 2.04. The number of hydrogen-bond acceptors (Lipinski definition) is 2. The molecule has 0 amide bonds. The molecule has 2 N–H and O–H groups in total. The summed E-state index contributed by atoms with van der Waals surface area (Å²) >= 11 is 3.15. The number of hydrogen-bond donors (Lipinski definition) is 1. The van der Waals surface area contributed by atoms with E-state index in [4.69, 9.17) is 10.5 Å². The molecule has 0 radical (unpaired) electrons. The first-order valence-electron chi connectivity index (χ1n) is 5.64. The number of ether oxygens (including phenoxy) is 1. The molecule has 2 aromatic carbocycles. The molecule has 0 bridgehead atoms. The standard InChI is InChI=1S/C14H12BrF2NO/c1-8(18)9-2-3-14(13(17)4-9)19-12-6-10(15)5-11(16)7-12/h2-8H,18H2,1H3/t8-/m1/s1. The van der Waals surface area contributed by atoms with Gasteiger partial charge in [0.2, 0.25) is 0 Å². The van der Waals surface area contributed by atoms with Crippen molar-refractivity contribution in [3.05, 3.63) is 58.1 Å². The molecule has 1 atom stereocenters. The summed E-state index contributed by atoms with van der Waals surface area (Å²) in [5.74, 6) is -0.742. The topological polar surface area (TPSA) is 35.2 Å². The molecule has 2 rings (SSSR count). The molecule has 0 saturated heterocycles. The molecule has 0 aliphatic heterocycles. The maximum absolute atomic E-state index is 13.8. The van der Waals surface area contributed by atoms with Crippen LogP contribution in [0.3, 0.4) is 0 Å². The zero-order valence-electron chi connectivity index (χ0n) is 10.2. The van der Waals surface area contributed by atoms with E-state index in [1.165, 1.54) is 24.3 Å². The average molecular weight is 328 g/mol. The van der Waals surface area contributed by atoms with Crippen molar-refractivity contribution in [1.82, 2.24) is 0 Å². The van der Waals surface area contributed by atoms with Crippen molar-refractivity contribution in [3.63, 3.8) is 0 Å². The van der Waals surface area contributed by atoms with Gasteiger partial charge in [0.05, 0.1) is 0 Å². The SMILES string of the molecule is C[C@@H](N)c1ccc(Oc2cc(F)cc(Br)c2)c(F)c1. The fourth-order valence-electron chi connectivity index (χ4n) is 1.60. The van der Waals surface area contributed by atoms with Crippen molar-refractivity contribution in [2.24, 2.45) is 5.73 Å². The van der Waals surface area contributed by atoms with Crippen molar-refractivity contribution >= 4 is 15.9 Å². The third-order valence-electron chi connectivity index (χ3n) is 2.55. The van der Waals surface area contributed by atoms with E-state index < -0.39 is 11.6 Å². The molecule has 2 aromatic rings. The van der Waals surface area contributed by atoms with E-state index >= 15 is 0 Å². The molecule has 0 aliphatic rings. The van der Waals surface area contributed by atoms with Crippen LogP contribution < -0.4 is 10.5 Å². The minimum atomic E-state index is -0.532. The lowest BCUT2D eigenvalue weighted by molar-refractivity contribution is 0.437. The largest absolute Gasteiger partial charge is 0.454 e. The Hall–Kier alpha value is -1.46. The second-order valence-electron chi connectivity index (χ2n) is 4.19. The number of halogens is 3. The molecule has 0 spiro atoms. The van der Waals surface area contributed by atoms with Crippen LogP contribution in [-0.2, 0) is 0 Å². The van der Waals surface area contributed by atoms with Crippen LogP contribution in [0.4, 0.5) is 8.78 Å². The monoisotopic (exact) mass is 327 g/mol. The zero-order valence-corrected chi connectivity index (χ0v) is 11.7. The van der Waals surface area contributed by atoms with E-state index in [1.807, 2.05) is 0 Å². The third kappa shape index (κ3) is 3.52. The molecule has 0 heterocycles. The number of nitrogens with two attached hydrogens (primary N) is 1. The highest BCUT2D eigenvalue weighted by Gasteiger charge is 2.09. The molecule has 2 nitrogen and oxygen atoms in total. The highest BCUT2D eigenvalue weighted by atomic mass is 79.9. The van der Waals surface area contributed by atoms with Crippen LogP contribution in [0.1, 0.15) is 18.5 Å².